The molecule has 2 atom stereocenters. The van der Waals surface area contributed by atoms with Crippen molar-refractivity contribution in [2.75, 3.05) is 13.1 Å². The van der Waals surface area contributed by atoms with Crippen molar-refractivity contribution in [1.29, 1.82) is 0 Å². The molecule has 2 heteroatoms. The Labute approximate surface area is 181 Å². The fraction of sp³-hybridized carbons (Fsp3) is 0.357. The summed E-state index contributed by atoms with van der Waals surface area (Å²) < 4.78 is 0. The van der Waals surface area contributed by atoms with Crippen molar-refractivity contribution in [2.45, 2.75) is 45.3 Å². The van der Waals surface area contributed by atoms with E-state index >= 15 is 0 Å². The lowest BCUT2D eigenvalue weighted by molar-refractivity contribution is 0.0373. The van der Waals surface area contributed by atoms with Gasteiger partial charge in [0.1, 0.15) is 0 Å². The van der Waals surface area contributed by atoms with E-state index in [1.807, 2.05) is 0 Å². The summed E-state index contributed by atoms with van der Waals surface area (Å²) in [5.74, 6) is 0.719. The van der Waals surface area contributed by atoms with Gasteiger partial charge >= 0.3 is 0 Å². The first-order valence-electron chi connectivity index (χ1n) is 11.2. The van der Waals surface area contributed by atoms with Crippen LogP contribution in [-0.4, -0.2) is 29.1 Å². The summed E-state index contributed by atoms with van der Waals surface area (Å²) >= 11 is 0. The predicted molar refractivity (Wildman–Crippen MR) is 125 cm³/mol. The first-order valence-corrected chi connectivity index (χ1v) is 11.2. The van der Waals surface area contributed by atoms with Crippen LogP contribution in [0.25, 0.3) is 11.1 Å². The van der Waals surface area contributed by atoms with E-state index < -0.39 is 6.10 Å². The van der Waals surface area contributed by atoms with E-state index in [4.69, 9.17) is 0 Å². The van der Waals surface area contributed by atoms with Gasteiger partial charge in [0.25, 0.3) is 0 Å². The fourth-order valence-corrected chi connectivity index (χ4v) is 4.65. The minimum atomic E-state index is -0.426. The van der Waals surface area contributed by atoms with Crippen LogP contribution in [0.2, 0.25) is 0 Å². The maximum Gasteiger partial charge on any atom is 0.0942 e. The van der Waals surface area contributed by atoms with Gasteiger partial charge in [-0.25, -0.2) is 0 Å². The standard InChI is InChI=1S/C28H33NO/c1-21-11-13-26(14-12-21)28(30)22(2)29-17-15-23(16-18-29)19-24-7-6-10-27(20-24)25-8-4-3-5-9-25/h3-14,20,22-23,28,30H,15-19H2,1-2H3. The molecule has 0 amide bonds. The minimum absolute atomic E-state index is 0.148. The highest BCUT2D eigenvalue weighted by Crippen LogP contribution is 2.29. The average Bonchev–Trinajstić information content (AvgIpc) is 2.80. The monoisotopic (exact) mass is 399 g/mol. The second kappa shape index (κ2) is 9.59. The van der Waals surface area contributed by atoms with Gasteiger partial charge in [-0.2, -0.15) is 0 Å². The zero-order valence-electron chi connectivity index (χ0n) is 18.2. The van der Waals surface area contributed by atoms with Gasteiger partial charge in [-0.05, 0) is 74.4 Å². The van der Waals surface area contributed by atoms with Crippen molar-refractivity contribution in [3.63, 3.8) is 0 Å². The van der Waals surface area contributed by atoms with Gasteiger partial charge in [0.15, 0.2) is 0 Å². The molecule has 30 heavy (non-hydrogen) atoms. The molecule has 2 unspecified atom stereocenters. The number of aliphatic hydroxyl groups is 1. The lowest BCUT2D eigenvalue weighted by Crippen LogP contribution is -2.43. The van der Waals surface area contributed by atoms with Crippen LogP contribution >= 0.6 is 0 Å². The topological polar surface area (TPSA) is 23.5 Å². The highest BCUT2D eigenvalue weighted by atomic mass is 16.3. The molecule has 3 aromatic carbocycles. The number of hydrogen-bond acceptors (Lipinski definition) is 2. The van der Waals surface area contributed by atoms with E-state index in [9.17, 15) is 5.11 Å². The summed E-state index contributed by atoms with van der Waals surface area (Å²) in [6.45, 7) is 6.37. The molecular weight excluding hydrogens is 366 g/mol. The van der Waals surface area contributed by atoms with Crippen molar-refractivity contribution in [3.05, 3.63) is 95.6 Å². The molecule has 1 fully saturated rings. The molecule has 0 bridgehead atoms. The Morgan fingerprint density at radius 3 is 2.23 bits per heavy atom. The number of rotatable bonds is 6. The zero-order chi connectivity index (χ0) is 20.9. The number of likely N-dealkylation sites (tertiary alicyclic amines) is 1. The van der Waals surface area contributed by atoms with Gasteiger partial charge in [-0.15, -0.1) is 0 Å². The highest BCUT2D eigenvalue weighted by Gasteiger charge is 2.27. The third-order valence-electron chi connectivity index (χ3n) is 6.66. The molecule has 3 aromatic rings. The third kappa shape index (κ3) is 5.00. The van der Waals surface area contributed by atoms with Crippen LogP contribution in [0.5, 0.6) is 0 Å². The normalized spacial score (nSPS) is 17.6. The molecule has 0 aromatic heterocycles. The number of piperidine rings is 1. The second-order valence-corrected chi connectivity index (χ2v) is 8.85. The molecule has 1 aliphatic heterocycles. The second-order valence-electron chi connectivity index (χ2n) is 8.85. The first-order chi connectivity index (χ1) is 14.6. The number of benzene rings is 3. The Hall–Kier alpha value is -2.42. The summed E-state index contributed by atoms with van der Waals surface area (Å²) in [7, 11) is 0. The summed E-state index contributed by atoms with van der Waals surface area (Å²) in [5.41, 5.74) is 6.28. The van der Waals surface area contributed by atoms with E-state index in [2.05, 4.69) is 97.6 Å². The Bertz CT molecular complexity index is 926. The first kappa shape index (κ1) is 20.8. The van der Waals surface area contributed by atoms with Crippen molar-refractivity contribution in [1.82, 2.24) is 4.90 Å². The van der Waals surface area contributed by atoms with Crippen LogP contribution in [-0.2, 0) is 6.42 Å². The van der Waals surface area contributed by atoms with Crippen LogP contribution in [0, 0.1) is 12.8 Å². The predicted octanol–water partition coefficient (Wildman–Crippen LogP) is 6.04. The maximum absolute atomic E-state index is 10.8. The molecule has 0 saturated carbocycles. The number of hydrogen-bond donors (Lipinski definition) is 1. The van der Waals surface area contributed by atoms with Gasteiger partial charge in [0.05, 0.1) is 6.10 Å². The lowest BCUT2D eigenvalue weighted by atomic mass is 9.88. The molecular formula is C28H33NO. The largest absolute Gasteiger partial charge is 0.387 e. The Morgan fingerprint density at radius 1 is 0.867 bits per heavy atom. The highest BCUT2D eigenvalue weighted by molar-refractivity contribution is 5.63. The van der Waals surface area contributed by atoms with E-state index in [0.717, 1.165) is 31.0 Å². The maximum atomic E-state index is 10.8. The van der Waals surface area contributed by atoms with Gasteiger partial charge in [0.2, 0.25) is 0 Å². The molecule has 2 nitrogen and oxygen atoms in total. The van der Waals surface area contributed by atoms with E-state index in [0.29, 0.717) is 0 Å². The van der Waals surface area contributed by atoms with Crippen molar-refractivity contribution in [2.24, 2.45) is 5.92 Å². The van der Waals surface area contributed by atoms with Gasteiger partial charge in [-0.1, -0.05) is 84.4 Å². The molecule has 1 saturated heterocycles. The van der Waals surface area contributed by atoms with Crippen LogP contribution in [0.15, 0.2) is 78.9 Å². The quantitative estimate of drug-likeness (QED) is 0.546. The van der Waals surface area contributed by atoms with E-state index in [1.54, 1.807) is 0 Å². The molecule has 1 aliphatic rings. The zero-order valence-corrected chi connectivity index (χ0v) is 18.2. The lowest BCUT2D eigenvalue weighted by Gasteiger charge is -2.38. The van der Waals surface area contributed by atoms with Crippen LogP contribution in [0.1, 0.15) is 42.6 Å². The fourth-order valence-electron chi connectivity index (χ4n) is 4.65. The van der Waals surface area contributed by atoms with Gasteiger partial charge in [-0.3, -0.25) is 4.90 Å². The molecule has 1 heterocycles. The van der Waals surface area contributed by atoms with Gasteiger partial charge in [0, 0.05) is 6.04 Å². The van der Waals surface area contributed by atoms with Crippen molar-refractivity contribution < 1.29 is 5.11 Å². The number of aryl methyl sites for hydroxylation is 1. The van der Waals surface area contributed by atoms with Gasteiger partial charge < -0.3 is 5.11 Å². The number of aliphatic hydroxyl groups excluding tert-OH is 1. The molecule has 0 aliphatic carbocycles. The Balaban J connectivity index is 1.33. The van der Waals surface area contributed by atoms with Crippen LogP contribution < -0.4 is 0 Å². The SMILES string of the molecule is Cc1ccc(C(O)C(C)N2CCC(Cc3cccc(-c4ccccc4)c3)CC2)cc1. The third-order valence-corrected chi connectivity index (χ3v) is 6.66. The van der Waals surface area contributed by atoms with Crippen LogP contribution in [0.3, 0.4) is 0 Å². The smallest absolute Gasteiger partial charge is 0.0942 e. The summed E-state index contributed by atoms with van der Waals surface area (Å²) in [4.78, 5) is 2.46. The van der Waals surface area contributed by atoms with Crippen molar-refractivity contribution >= 4 is 0 Å². The molecule has 4 rings (SSSR count). The Morgan fingerprint density at radius 2 is 1.53 bits per heavy atom. The summed E-state index contributed by atoms with van der Waals surface area (Å²) in [5, 5.41) is 10.8. The number of nitrogens with zero attached hydrogens (tertiary/aromatic N) is 1. The molecule has 0 spiro atoms. The summed E-state index contributed by atoms with van der Waals surface area (Å²) in [6, 6.07) is 28.1. The molecule has 156 valence electrons. The van der Waals surface area contributed by atoms with Crippen molar-refractivity contribution in [3.8, 4) is 11.1 Å². The van der Waals surface area contributed by atoms with E-state index in [-0.39, 0.29) is 6.04 Å². The van der Waals surface area contributed by atoms with E-state index in [1.165, 1.54) is 35.1 Å². The minimum Gasteiger partial charge on any atom is -0.387 e. The summed E-state index contributed by atoms with van der Waals surface area (Å²) in [6.07, 6.45) is 3.11. The Kier molecular flexibility index (Phi) is 6.66. The molecule has 0 radical (unpaired) electrons. The average molecular weight is 400 g/mol. The molecule has 1 N–H and O–H groups in total. The van der Waals surface area contributed by atoms with Crippen LogP contribution in [0.4, 0.5) is 0 Å².